The summed E-state index contributed by atoms with van der Waals surface area (Å²) in [4.78, 5) is 25.6. The summed E-state index contributed by atoms with van der Waals surface area (Å²) in [7, 11) is 5.16. The van der Waals surface area contributed by atoms with Crippen molar-refractivity contribution in [2.75, 3.05) is 36.7 Å². The second-order valence-corrected chi connectivity index (χ2v) is 5.61. The van der Waals surface area contributed by atoms with E-state index in [0.717, 1.165) is 5.69 Å². The van der Waals surface area contributed by atoms with Gasteiger partial charge in [-0.15, -0.1) is 0 Å². The van der Waals surface area contributed by atoms with Crippen LogP contribution in [-0.2, 0) is 4.74 Å². The zero-order valence-electron chi connectivity index (χ0n) is 13.6. The van der Waals surface area contributed by atoms with Gasteiger partial charge in [-0.1, -0.05) is 11.6 Å². The van der Waals surface area contributed by atoms with E-state index in [1.54, 1.807) is 12.1 Å². The first-order valence-electron chi connectivity index (χ1n) is 7.14. The van der Waals surface area contributed by atoms with Crippen LogP contribution in [0.25, 0.3) is 0 Å². The van der Waals surface area contributed by atoms with Crippen LogP contribution in [0.1, 0.15) is 10.4 Å². The Labute approximate surface area is 145 Å². The van der Waals surface area contributed by atoms with E-state index in [4.69, 9.17) is 11.6 Å². The Morgan fingerprint density at radius 3 is 2.29 bits per heavy atom. The summed E-state index contributed by atoms with van der Waals surface area (Å²) in [6.07, 6.45) is 0. The summed E-state index contributed by atoms with van der Waals surface area (Å²) in [5.74, 6) is -0.505. The van der Waals surface area contributed by atoms with Crippen LogP contribution < -0.4 is 15.5 Å². The molecular formula is C17H18ClN3O3. The second-order valence-electron chi connectivity index (χ2n) is 5.21. The van der Waals surface area contributed by atoms with Gasteiger partial charge in [-0.25, -0.2) is 9.59 Å². The van der Waals surface area contributed by atoms with Crippen molar-refractivity contribution < 1.29 is 14.3 Å². The third kappa shape index (κ3) is 4.39. The first-order chi connectivity index (χ1) is 11.4. The molecule has 0 aliphatic carbocycles. The molecule has 2 aromatic rings. The predicted octanol–water partition coefficient (Wildman–Crippen LogP) is 3.84. The normalized spacial score (nSPS) is 10.0. The molecule has 2 amide bonds. The van der Waals surface area contributed by atoms with Crippen molar-refractivity contribution in [3.63, 3.8) is 0 Å². The summed E-state index contributed by atoms with van der Waals surface area (Å²) in [6, 6.07) is 11.4. The summed E-state index contributed by atoms with van der Waals surface area (Å²) < 4.78 is 4.65. The molecule has 0 unspecified atom stereocenters. The zero-order valence-corrected chi connectivity index (χ0v) is 14.3. The van der Waals surface area contributed by atoms with E-state index < -0.39 is 12.0 Å². The van der Waals surface area contributed by atoms with Crippen molar-refractivity contribution >= 4 is 40.7 Å². The fraction of sp³-hybridized carbons (Fsp3) is 0.176. The molecule has 0 saturated heterocycles. The molecule has 0 aliphatic rings. The molecule has 126 valence electrons. The standard InChI is InChI=1S/C17H18ClN3O3/c1-21(2)13-7-5-12(6-8-13)19-17(23)20-15-10-11(16(22)24-3)4-9-14(15)18/h4-10H,1-3H3,(H2,19,20,23). The minimum atomic E-state index is -0.505. The summed E-state index contributed by atoms with van der Waals surface area (Å²) in [5.41, 5.74) is 2.28. The fourth-order valence-electron chi connectivity index (χ4n) is 1.99. The first-order valence-corrected chi connectivity index (χ1v) is 7.52. The van der Waals surface area contributed by atoms with Gasteiger partial charge in [0.15, 0.2) is 0 Å². The lowest BCUT2D eigenvalue weighted by atomic mass is 10.2. The largest absolute Gasteiger partial charge is 0.465 e. The van der Waals surface area contributed by atoms with Gasteiger partial charge in [-0.2, -0.15) is 0 Å². The van der Waals surface area contributed by atoms with Crippen molar-refractivity contribution in [2.24, 2.45) is 0 Å². The van der Waals surface area contributed by atoms with Crippen LogP contribution in [0.5, 0.6) is 0 Å². The fourth-order valence-corrected chi connectivity index (χ4v) is 2.16. The van der Waals surface area contributed by atoms with Gasteiger partial charge in [0.2, 0.25) is 0 Å². The minimum absolute atomic E-state index is 0.299. The Hall–Kier alpha value is -2.73. The molecule has 0 aromatic heterocycles. The number of nitrogens with zero attached hydrogens (tertiary/aromatic N) is 1. The van der Waals surface area contributed by atoms with Crippen LogP contribution in [0.3, 0.4) is 0 Å². The molecule has 24 heavy (non-hydrogen) atoms. The third-order valence-electron chi connectivity index (χ3n) is 3.28. The van der Waals surface area contributed by atoms with E-state index in [0.29, 0.717) is 22.0 Å². The van der Waals surface area contributed by atoms with Crippen LogP contribution in [0.4, 0.5) is 21.9 Å². The van der Waals surface area contributed by atoms with Crippen LogP contribution in [0.15, 0.2) is 42.5 Å². The Morgan fingerprint density at radius 2 is 1.71 bits per heavy atom. The highest BCUT2D eigenvalue weighted by atomic mass is 35.5. The minimum Gasteiger partial charge on any atom is -0.465 e. The number of hydrogen-bond acceptors (Lipinski definition) is 4. The number of halogens is 1. The molecule has 0 spiro atoms. The number of rotatable bonds is 4. The highest BCUT2D eigenvalue weighted by Crippen LogP contribution is 2.24. The Morgan fingerprint density at radius 1 is 1.04 bits per heavy atom. The summed E-state index contributed by atoms with van der Waals surface area (Å²) in [5, 5.41) is 5.64. The molecule has 0 aliphatic heterocycles. The van der Waals surface area contributed by atoms with Crippen molar-refractivity contribution in [1.29, 1.82) is 0 Å². The van der Waals surface area contributed by atoms with E-state index in [1.807, 2.05) is 31.1 Å². The van der Waals surface area contributed by atoms with Gasteiger partial charge < -0.3 is 20.3 Å². The Balaban J connectivity index is 2.08. The van der Waals surface area contributed by atoms with Gasteiger partial charge in [0.05, 0.1) is 23.4 Å². The maximum Gasteiger partial charge on any atom is 0.337 e. The average Bonchev–Trinajstić information content (AvgIpc) is 2.56. The monoisotopic (exact) mass is 347 g/mol. The van der Waals surface area contributed by atoms with Crippen molar-refractivity contribution in [1.82, 2.24) is 0 Å². The van der Waals surface area contributed by atoms with Crippen LogP contribution in [0, 0.1) is 0 Å². The smallest absolute Gasteiger partial charge is 0.337 e. The van der Waals surface area contributed by atoms with E-state index in [2.05, 4.69) is 15.4 Å². The molecular weight excluding hydrogens is 330 g/mol. The number of benzene rings is 2. The second kappa shape index (κ2) is 7.70. The predicted molar refractivity (Wildman–Crippen MR) is 96.2 cm³/mol. The third-order valence-corrected chi connectivity index (χ3v) is 3.61. The van der Waals surface area contributed by atoms with Gasteiger partial charge >= 0.3 is 12.0 Å². The van der Waals surface area contributed by atoms with Crippen molar-refractivity contribution in [2.45, 2.75) is 0 Å². The van der Waals surface area contributed by atoms with Gasteiger partial charge in [0.25, 0.3) is 0 Å². The number of urea groups is 1. The molecule has 6 nitrogen and oxygen atoms in total. The number of carbonyl (C=O) groups is 2. The molecule has 0 bridgehead atoms. The molecule has 0 saturated carbocycles. The molecule has 0 atom stereocenters. The van der Waals surface area contributed by atoms with E-state index in [1.165, 1.54) is 25.3 Å². The SMILES string of the molecule is COC(=O)c1ccc(Cl)c(NC(=O)Nc2ccc(N(C)C)cc2)c1. The molecule has 2 aromatic carbocycles. The lowest BCUT2D eigenvalue weighted by molar-refractivity contribution is 0.0600. The number of amides is 2. The molecule has 2 N–H and O–H groups in total. The number of ether oxygens (including phenoxy) is 1. The van der Waals surface area contributed by atoms with Gasteiger partial charge in [-0.3, -0.25) is 0 Å². The number of nitrogens with one attached hydrogen (secondary N) is 2. The lowest BCUT2D eigenvalue weighted by Gasteiger charge is -2.13. The number of hydrogen-bond donors (Lipinski definition) is 2. The number of methoxy groups -OCH3 is 1. The number of carbonyl (C=O) groups excluding carboxylic acids is 2. The van der Waals surface area contributed by atoms with Crippen molar-refractivity contribution in [3.05, 3.63) is 53.1 Å². The van der Waals surface area contributed by atoms with E-state index >= 15 is 0 Å². The lowest BCUT2D eigenvalue weighted by Crippen LogP contribution is -2.20. The van der Waals surface area contributed by atoms with Crippen molar-refractivity contribution in [3.8, 4) is 0 Å². The van der Waals surface area contributed by atoms with Gasteiger partial charge in [0, 0.05) is 25.5 Å². The highest BCUT2D eigenvalue weighted by molar-refractivity contribution is 6.34. The molecule has 0 radical (unpaired) electrons. The Kier molecular flexibility index (Phi) is 5.65. The van der Waals surface area contributed by atoms with Crippen LogP contribution >= 0.6 is 11.6 Å². The van der Waals surface area contributed by atoms with Crippen LogP contribution in [0.2, 0.25) is 5.02 Å². The summed E-state index contributed by atoms with van der Waals surface area (Å²) >= 11 is 6.05. The van der Waals surface area contributed by atoms with E-state index in [-0.39, 0.29) is 0 Å². The molecule has 0 fully saturated rings. The summed E-state index contributed by atoms with van der Waals surface area (Å²) in [6.45, 7) is 0. The molecule has 0 heterocycles. The maximum absolute atomic E-state index is 12.1. The van der Waals surface area contributed by atoms with Gasteiger partial charge in [0.1, 0.15) is 0 Å². The maximum atomic E-state index is 12.1. The topological polar surface area (TPSA) is 70.7 Å². The number of anilines is 3. The number of esters is 1. The highest BCUT2D eigenvalue weighted by Gasteiger charge is 2.11. The first kappa shape index (κ1) is 17.6. The molecule has 7 heteroatoms. The Bertz CT molecular complexity index is 745. The van der Waals surface area contributed by atoms with Crippen LogP contribution in [-0.4, -0.2) is 33.2 Å². The average molecular weight is 348 g/mol. The zero-order chi connectivity index (χ0) is 17.7. The quantitative estimate of drug-likeness (QED) is 0.824. The van der Waals surface area contributed by atoms with E-state index in [9.17, 15) is 9.59 Å². The molecule has 2 rings (SSSR count). The van der Waals surface area contributed by atoms with Gasteiger partial charge in [-0.05, 0) is 42.5 Å².